The summed E-state index contributed by atoms with van der Waals surface area (Å²) in [7, 11) is 0.858. The van der Waals surface area contributed by atoms with Crippen molar-refractivity contribution < 1.29 is 0 Å². The van der Waals surface area contributed by atoms with Gasteiger partial charge in [0.25, 0.3) is 0 Å². The van der Waals surface area contributed by atoms with Gasteiger partial charge in [0, 0.05) is 6.92 Å². The summed E-state index contributed by atoms with van der Waals surface area (Å²) in [6.07, 6.45) is 0. The zero-order valence-electron chi connectivity index (χ0n) is 9.47. The van der Waals surface area contributed by atoms with Crippen molar-refractivity contribution >= 4 is 17.2 Å². The SMILES string of the molecule is CC#N.CN([SiH](C)C)[Si](C)(C)C. The summed E-state index contributed by atoms with van der Waals surface area (Å²) in [6.45, 7) is 13.4. The first-order valence-electron chi connectivity index (χ1n) is 4.31. The molecule has 4 heteroatoms. The lowest BCUT2D eigenvalue weighted by molar-refractivity contribution is 0.784. The van der Waals surface area contributed by atoms with Crippen molar-refractivity contribution in [3.63, 3.8) is 0 Å². The fourth-order valence-corrected chi connectivity index (χ4v) is 6.97. The first-order valence-corrected chi connectivity index (χ1v) is 10.6. The van der Waals surface area contributed by atoms with Crippen LogP contribution in [0, 0.1) is 11.3 Å². The summed E-state index contributed by atoms with van der Waals surface area (Å²) in [5.41, 5.74) is 0. The Morgan fingerprint density at radius 3 is 1.50 bits per heavy atom. The minimum Gasteiger partial charge on any atom is -0.351 e. The molecule has 0 aliphatic rings. The average Bonchev–Trinajstić information content (AvgIpc) is 1.85. The van der Waals surface area contributed by atoms with Gasteiger partial charge in [-0.3, -0.25) is 0 Å². The van der Waals surface area contributed by atoms with Gasteiger partial charge in [-0.05, 0) is 7.05 Å². The van der Waals surface area contributed by atoms with Gasteiger partial charge in [0.2, 0.25) is 0 Å². The summed E-state index contributed by atoms with van der Waals surface area (Å²) in [5.74, 6) is 0. The predicted octanol–water partition coefficient (Wildman–Crippen LogP) is 2.27. The van der Waals surface area contributed by atoms with Crippen molar-refractivity contribution in [1.82, 2.24) is 4.23 Å². The molecule has 0 aliphatic carbocycles. The maximum atomic E-state index is 7.32. The van der Waals surface area contributed by atoms with E-state index in [4.69, 9.17) is 5.26 Å². The molecule has 0 radical (unpaired) electrons. The lowest BCUT2D eigenvalue weighted by atomic mass is 11.0. The lowest BCUT2D eigenvalue weighted by Crippen LogP contribution is -2.49. The molecule has 0 aromatic heterocycles. The van der Waals surface area contributed by atoms with Crippen molar-refractivity contribution in [2.45, 2.75) is 39.7 Å². The summed E-state index contributed by atoms with van der Waals surface area (Å²) < 4.78 is 2.63. The van der Waals surface area contributed by atoms with E-state index in [1.807, 2.05) is 0 Å². The van der Waals surface area contributed by atoms with Gasteiger partial charge in [0.1, 0.15) is 8.24 Å². The second kappa shape index (κ2) is 6.41. The molecule has 0 saturated carbocycles. The zero-order valence-corrected chi connectivity index (χ0v) is 11.6. The van der Waals surface area contributed by atoms with E-state index < -0.39 is 17.2 Å². The van der Waals surface area contributed by atoms with Crippen LogP contribution < -0.4 is 0 Å². The van der Waals surface area contributed by atoms with Gasteiger partial charge in [-0.15, -0.1) is 0 Å². The highest BCUT2D eigenvalue weighted by Crippen LogP contribution is 2.07. The van der Waals surface area contributed by atoms with Gasteiger partial charge in [-0.1, -0.05) is 32.7 Å². The number of hydrogen-bond donors (Lipinski definition) is 0. The summed E-state index contributed by atoms with van der Waals surface area (Å²) in [6, 6.07) is 1.75. The quantitative estimate of drug-likeness (QED) is 0.642. The molecule has 0 heterocycles. The number of nitrogens with zero attached hydrogens (tertiary/aromatic N) is 2. The van der Waals surface area contributed by atoms with Crippen molar-refractivity contribution in [1.29, 1.82) is 5.26 Å². The van der Waals surface area contributed by atoms with Gasteiger partial charge in [-0.25, -0.2) is 0 Å². The van der Waals surface area contributed by atoms with Crippen LogP contribution in [0.5, 0.6) is 0 Å². The van der Waals surface area contributed by atoms with Crippen LogP contribution in [0.25, 0.3) is 0 Å². The van der Waals surface area contributed by atoms with Gasteiger partial charge < -0.3 is 4.23 Å². The fourth-order valence-electron chi connectivity index (χ4n) is 0.775. The van der Waals surface area contributed by atoms with E-state index in [1.54, 1.807) is 6.07 Å². The maximum absolute atomic E-state index is 7.32. The third-order valence-corrected chi connectivity index (χ3v) is 9.37. The molecule has 0 saturated heterocycles. The van der Waals surface area contributed by atoms with E-state index in [9.17, 15) is 0 Å². The van der Waals surface area contributed by atoms with Crippen LogP contribution in [0.4, 0.5) is 0 Å². The molecule has 0 fully saturated rings. The molecule has 0 N–H and O–H groups in total. The Labute approximate surface area is 80.0 Å². The van der Waals surface area contributed by atoms with Crippen molar-refractivity contribution in [2.75, 3.05) is 7.05 Å². The highest BCUT2D eigenvalue weighted by Gasteiger charge is 2.21. The highest BCUT2D eigenvalue weighted by atomic mass is 28.4. The van der Waals surface area contributed by atoms with E-state index in [1.165, 1.54) is 6.92 Å². The van der Waals surface area contributed by atoms with E-state index in [-0.39, 0.29) is 0 Å². The van der Waals surface area contributed by atoms with Crippen LogP contribution in [-0.2, 0) is 0 Å². The Bertz CT molecular complexity index is 144. The normalized spacial score (nSPS) is 10.7. The summed E-state index contributed by atoms with van der Waals surface area (Å²) in [4.78, 5) is 0. The molecule has 0 atom stereocenters. The monoisotopic (exact) mass is 202 g/mol. The minimum absolute atomic E-state index is 0.495. The Hall–Kier alpha value is -0.116. The van der Waals surface area contributed by atoms with Crippen LogP contribution in [0.15, 0.2) is 0 Å². The molecule has 12 heavy (non-hydrogen) atoms. The highest BCUT2D eigenvalue weighted by molar-refractivity contribution is 6.82. The molecule has 0 bridgehead atoms. The van der Waals surface area contributed by atoms with Crippen LogP contribution in [0.1, 0.15) is 6.92 Å². The van der Waals surface area contributed by atoms with Gasteiger partial charge in [0.15, 0.2) is 0 Å². The third-order valence-electron chi connectivity index (χ3n) is 1.83. The third kappa shape index (κ3) is 7.98. The number of hydrogen-bond acceptors (Lipinski definition) is 2. The van der Waals surface area contributed by atoms with Crippen molar-refractivity contribution in [2.24, 2.45) is 0 Å². The van der Waals surface area contributed by atoms with Gasteiger partial charge in [-0.2, -0.15) is 5.26 Å². The fraction of sp³-hybridized carbons (Fsp3) is 0.875. The lowest BCUT2D eigenvalue weighted by Gasteiger charge is -2.33. The maximum Gasteiger partial charge on any atom is 0.111 e. The number of rotatable bonds is 2. The van der Waals surface area contributed by atoms with Gasteiger partial charge in [0.05, 0.1) is 15.0 Å². The molecule has 0 spiro atoms. The first kappa shape index (κ1) is 14.4. The van der Waals surface area contributed by atoms with E-state index in [0.717, 1.165) is 0 Å². The molecule has 0 aliphatic heterocycles. The molecule has 0 aromatic carbocycles. The minimum atomic E-state index is -0.929. The Kier molecular flexibility index (Phi) is 7.69. The molecule has 72 valence electrons. The van der Waals surface area contributed by atoms with Gasteiger partial charge >= 0.3 is 0 Å². The Morgan fingerprint density at radius 2 is 1.50 bits per heavy atom. The van der Waals surface area contributed by atoms with Crippen LogP contribution in [-0.4, -0.2) is 28.5 Å². The largest absolute Gasteiger partial charge is 0.351 e. The second-order valence-corrected chi connectivity index (χ2v) is 12.6. The molecule has 2 nitrogen and oxygen atoms in total. The van der Waals surface area contributed by atoms with E-state index in [0.29, 0.717) is 0 Å². The second-order valence-electron chi connectivity index (χ2n) is 4.10. The number of nitriles is 1. The Balaban J connectivity index is 0. The van der Waals surface area contributed by atoms with Crippen molar-refractivity contribution in [3.05, 3.63) is 0 Å². The molecular weight excluding hydrogens is 180 g/mol. The summed E-state index contributed by atoms with van der Waals surface area (Å²) in [5, 5.41) is 7.32. The van der Waals surface area contributed by atoms with Crippen LogP contribution in [0.2, 0.25) is 32.7 Å². The average molecular weight is 202 g/mol. The first-order chi connectivity index (χ1) is 5.27. The topological polar surface area (TPSA) is 27.0 Å². The standard InChI is InChI=1S/C6H19NSi2.C2H3N/c1-7(8(2)3)9(4,5)6;1-2-3/h8H,1-6H3;1H3. The Morgan fingerprint density at radius 1 is 1.25 bits per heavy atom. The molecule has 0 rings (SSSR count). The molecular formula is C8H22N2Si2. The molecule has 0 amide bonds. The van der Waals surface area contributed by atoms with Crippen LogP contribution in [0.3, 0.4) is 0 Å². The zero-order chi connectivity index (χ0) is 10.4. The molecule has 0 aromatic rings. The summed E-state index contributed by atoms with van der Waals surface area (Å²) >= 11 is 0. The van der Waals surface area contributed by atoms with E-state index >= 15 is 0 Å². The van der Waals surface area contributed by atoms with Crippen molar-refractivity contribution in [3.8, 4) is 6.07 Å². The molecule has 0 unspecified atom stereocenters. The van der Waals surface area contributed by atoms with Crippen LogP contribution >= 0.6 is 0 Å². The van der Waals surface area contributed by atoms with E-state index in [2.05, 4.69) is 44.0 Å². The predicted molar refractivity (Wildman–Crippen MR) is 61.3 cm³/mol. The smallest absolute Gasteiger partial charge is 0.111 e.